The number of halogens is 1. The Hall–Kier alpha value is -5.56. The molecule has 6 aliphatic rings. The summed E-state index contributed by atoms with van der Waals surface area (Å²) in [6.07, 6.45) is 5.75. The summed E-state index contributed by atoms with van der Waals surface area (Å²) >= 11 is 6.30. The molecule has 2 aliphatic carbocycles. The maximum absolute atomic E-state index is 13.8. The Morgan fingerprint density at radius 1 is 0.938 bits per heavy atom. The van der Waals surface area contributed by atoms with Crippen LogP contribution in [0.5, 0.6) is 5.75 Å². The number of nitrogens with zero attached hydrogens (tertiary/aromatic N) is 5. The van der Waals surface area contributed by atoms with E-state index in [1.54, 1.807) is 24.3 Å². The second-order valence-electron chi connectivity index (χ2n) is 20.3. The summed E-state index contributed by atoms with van der Waals surface area (Å²) in [4.78, 5) is 75.5. The van der Waals surface area contributed by atoms with Crippen LogP contribution in [-0.2, 0) is 16.1 Å². The Kier molecular flexibility index (Phi) is 11.2. The second-order valence-corrected chi connectivity index (χ2v) is 20.7. The van der Waals surface area contributed by atoms with Gasteiger partial charge in [0.05, 0.1) is 28.4 Å². The zero-order valence-electron chi connectivity index (χ0n) is 37.3. The number of hydrogen-bond donors (Lipinski definition) is 1. The van der Waals surface area contributed by atoms with Crippen LogP contribution >= 0.6 is 11.6 Å². The van der Waals surface area contributed by atoms with Crippen molar-refractivity contribution in [1.82, 2.24) is 20.1 Å². The third kappa shape index (κ3) is 7.87. The molecule has 12 nitrogen and oxygen atoms in total. The van der Waals surface area contributed by atoms with E-state index < -0.39 is 11.8 Å². The van der Waals surface area contributed by atoms with E-state index in [1.165, 1.54) is 6.92 Å². The van der Waals surface area contributed by atoms with E-state index in [0.29, 0.717) is 63.6 Å². The fourth-order valence-corrected chi connectivity index (χ4v) is 12.5. The number of carbonyl (C=O) groups is 5. The monoisotopic (exact) mass is 882 g/mol. The summed E-state index contributed by atoms with van der Waals surface area (Å²) in [5.74, 6) is 6.03. The summed E-state index contributed by atoms with van der Waals surface area (Å²) in [7, 11) is 0. The normalized spacial score (nSPS) is 26.5. The number of nitrogens with one attached hydrogen (secondary N) is 1. The molecule has 1 spiro atoms. The molecule has 0 bridgehead atoms. The summed E-state index contributed by atoms with van der Waals surface area (Å²) < 4.78 is 6.48. The Morgan fingerprint density at radius 3 is 2.38 bits per heavy atom. The summed E-state index contributed by atoms with van der Waals surface area (Å²) in [6, 6.07) is 16.9. The molecular formula is C51H55ClN6O6. The highest BCUT2D eigenvalue weighted by atomic mass is 35.5. The molecule has 0 radical (unpaired) electrons. The van der Waals surface area contributed by atoms with Crippen molar-refractivity contribution < 1.29 is 28.7 Å². The van der Waals surface area contributed by atoms with Gasteiger partial charge in [0.15, 0.2) is 11.6 Å². The third-order valence-corrected chi connectivity index (χ3v) is 15.5. The standard InChI is InChI=1S/C51H55ClN6O6/c1-30(59)40-23-36(15-18-38(40)43(60)22-32-10-19-44(61)55-45(32)62)57-28-51(29-57)20-21-56(27-51)35-13-7-31(8-14-35)6-11-34-12-17-39-42(54-34)26-58(46(39)63)47-49(2,3)48(50(47,4)5)64-37-16-9-33(25-53)41(52)24-37/h9,12,15-18,23-24,31-32,35,47-48H,7-8,10,13-14,19-22,26-29H2,1-5H3,(H,55,61,62). The molecule has 2 aromatic carbocycles. The minimum atomic E-state index is -0.566. The van der Waals surface area contributed by atoms with Crippen molar-refractivity contribution >= 4 is 46.6 Å². The van der Waals surface area contributed by atoms with E-state index >= 15 is 0 Å². The highest BCUT2D eigenvalue weighted by Crippen LogP contribution is 2.59. The van der Waals surface area contributed by atoms with E-state index in [4.69, 9.17) is 21.3 Å². The number of Topliss-reactive ketones (excluding diaryl/α,β-unsaturated/α-hetero) is 2. The van der Waals surface area contributed by atoms with Gasteiger partial charge in [0, 0.05) is 95.5 Å². The van der Waals surface area contributed by atoms with Crippen LogP contribution in [0.3, 0.4) is 0 Å². The van der Waals surface area contributed by atoms with Gasteiger partial charge in [-0.3, -0.25) is 34.2 Å². The number of imide groups is 1. The molecule has 3 saturated heterocycles. The van der Waals surface area contributed by atoms with Gasteiger partial charge in [0.1, 0.15) is 23.6 Å². The van der Waals surface area contributed by atoms with E-state index in [2.05, 4.69) is 60.7 Å². The van der Waals surface area contributed by atoms with Crippen LogP contribution in [0, 0.1) is 51.3 Å². The lowest BCUT2D eigenvalue weighted by molar-refractivity contribution is -0.199. The van der Waals surface area contributed by atoms with Crippen LogP contribution in [0.1, 0.15) is 134 Å². The van der Waals surface area contributed by atoms with Crippen LogP contribution in [0.25, 0.3) is 0 Å². The van der Waals surface area contributed by atoms with E-state index in [0.717, 1.165) is 69.7 Å². The zero-order valence-corrected chi connectivity index (χ0v) is 38.0. The highest BCUT2D eigenvalue weighted by molar-refractivity contribution is 6.31. The Labute approximate surface area is 380 Å². The van der Waals surface area contributed by atoms with Gasteiger partial charge in [-0.2, -0.15) is 5.26 Å². The smallest absolute Gasteiger partial charge is 0.256 e. The quantitative estimate of drug-likeness (QED) is 0.131. The molecule has 13 heteroatoms. The van der Waals surface area contributed by atoms with Crippen molar-refractivity contribution in [2.75, 3.05) is 31.1 Å². The lowest BCUT2D eigenvalue weighted by atomic mass is 9.49. The molecule has 64 heavy (non-hydrogen) atoms. The van der Waals surface area contributed by atoms with Crippen molar-refractivity contribution in [2.45, 2.75) is 111 Å². The van der Waals surface area contributed by atoms with Gasteiger partial charge in [0.2, 0.25) is 11.8 Å². The van der Waals surface area contributed by atoms with Gasteiger partial charge >= 0.3 is 0 Å². The summed E-state index contributed by atoms with van der Waals surface area (Å²) in [5.41, 5.74) is 3.63. The van der Waals surface area contributed by atoms with Gasteiger partial charge in [-0.05, 0) is 100 Å². The first-order valence-corrected chi connectivity index (χ1v) is 23.0. The number of fused-ring (bicyclic) bond motifs is 1. The third-order valence-electron chi connectivity index (χ3n) is 15.1. The largest absolute Gasteiger partial charge is 0.489 e. The van der Waals surface area contributed by atoms with Gasteiger partial charge in [-0.25, -0.2) is 4.98 Å². The topological polar surface area (TPSA) is 153 Å². The first-order valence-electron chi connectivity index (χ1n) is 22.7. The predicted octanol–water partition coefficient (Wildman–Crippen LogP) is 7.40. The van der Waals surface area contributed by atoms with E-state index in [1.807, 2.05) is 29.2 Å². The molecule has 1 aromatic heterocycles. The molecule has 332 valence electrons. The molecule has 5 heterocycles. The first-order chi connectivity index (χ1) is 30.5. The number of amides is 3. The molecule has 3 amide bonds. The number of hydrogen-bond acceptors (Lipinski definition) is 10. The van der Waals surface area contributed by atoms with Crippen LogP contribution in [0.15, 0.2) is 48.5 Å². The number of aromatic nitrogens is 1. The minimum absolute atomic E-state index is 0.0149. The molecule has 4 aliphatic heterocycles. The number of carbonyl (C=O) groups excluding carboxylic acids is 5. The Balaban J connectivity index is 0.761. The lowest BCUT2D eigenvalue weighted by Crippen LogP contribution is -2.74. The van der Waals surface area contributed by atoms with Crippen molar-refractivity contribution in [3.8, 4) is 23.7 Å². The van der Waals surface area contributed by atoms with Gasteiger partial charge in [-0.1, -0.05) is 45.2 Å². The predicted molar refractivity (Wildman–Crippen MR) is 241 cm³/mol. The molecule has 5 fully saturated rings. The minimum Gasteiger partial charge on any atom is -0.489 e. The molecule has 1 N–H and O–H groups in total. The number of benzene rings is 2. The van der Waals surface area contributed by atoms with E-state index in [9.17, 15) is 29.2 Å². The molecular weight excluding hydrogens is 828 g/mol. The summed E-state index contributed by atoms with van der Waals surface area (Å²) in [5, 5.41) is 11.9. The maximum Gasteiger partial charge on any atom is 0.256 e. The highest BCUT2D eigenvalue weighted by Gasteiger charge is 2.67. The SMILES string of the molecule is CC(=O)c1cc(N2CC3(CCN(C4CCC(C#Cc5ccc6c(n5)CN(C5C(C)(C)C(Oc7ccc(C#N)c(Cl)c7)C5(C)C)C6=O)CC4)C3)C2)ccc1C(=O)CC1CCC(=O)NC1=O. The van der Waals surface area contributed by atoms with Crippen LogP contribution in [0.4, 0.5) is 5.69 Å². The van der Waals surface area contributed by atoms with E-state index in [-0.39, 0.29) is 64.6 Å². The summed E-state index contributed by atoms with van der Waals surface area (Å²) in [6.45, 7) is 14.4. The maximum atomic E-state index is 13.8. The van der Waals surface area contributed by atoms with Gasteiger partial charge < -0.3 is 14.5 Å². The molecule has 1 atom stereocenters. The number of rotatable bonds is 9. The number of nitriles is 1. The van der Waals surface area contributed by atoms with Crippen LogP contribution in [-0.4, -0.2) is 88.4 Å². The fourth-order valence-electron chi connectivity index (χ4n) is 12.3. The number of anilines is 1. The number of likely N-dealkylation sites (tertiary alicyclic amines) is 1. The fraction of sp³-hybridized carbons (Fsp3) is 0.510. The molecule has 3 aromatic rings. The molecule has 2 saturated carbocycles. The Bertz CT molecular complexity index is 2560. The number of piperidine rings is 1. The lowest BCUT2D eigenvalue weighted by Gasteiger charge is -2.65. The van der Waals surface area contributed by atoms with Crippen LogP contribution < -0.4 is 15.0 Å². The van der Waals surface area contributed by atoms with Crippen molar-refractivity contribution in [2.24, 2.45) is 28.1 Å². The average Bonchev–Trinajstić information content (AvgIpc) is 3.83. The average molecular weight is 883 g/mol. The molecule has 1 unspecified atom stereocenters. The number of ether oxygens (including phenoxy) is 1. The van der Waals surface area contributed by atoms with Gasteiger partial charge in [-0.15, -0.1) is 0 Å². The van der Waals surface area contributed by atoms with Gasteiger partial charge in [0.25, 0.3) is 5.91 Å². The Morgan fingerprint density at radius 2 is 1.69 bits per heavy atom. The number of ketones is 2. The number of pyridine rings is 1. The van der Waals surface area contributed by atoms with Crippen molar-refractivity contribution in [1.29, 1.82) is 5.26 Å². The first kappa shape index (κ1) is 43.7. The van der Waals surface area contributed by atoms with Crippen LogP contribution in [0.2, 0.25) is 5.02 Å². The zero-order chi connectivity index (χ0) is 45.3. The van der Waals surface area contributed by atoms with Crippen molar-refractivity contribution in [3.63, 3.8) is 0 Å². The molecule has 9 rings (SSSR count). The second kappa shape index (κ2) is 16.5. The van der Waals surface area contributed by atoms with Crippen molar-refractivity contribution in [3.05, 3.63) is 87.2 Å².